The van der Waals surface area contributed by atoms with Crippen molar-refractivity contribution >= 4 is 0 Å². The molecular weight excluding hydrogens is 617 g/mol. The molecule has 0 aromatic heterocycles. The third-order valence-electron chi connectivity index (χ3n) is 13.8. The van der Waals surface area contributed by atoms with Gasteiger partial charge in [0.15, 0.2) is 0 Å². The second-order valence-corrected chi connectivity index (χ2v) is 17.2. The Morgan fingerprint density at radius 1 is 1.00 bits per heavy atom. The predicted molar refractivity (Wildman–Crippen MR) is 198 cm³/mol. The number of alkyl halides is 3. The summed E-state index contributed by atoms with van der Waals surface area (Å²) in [4.78, 5) is 0. The van der Waals surface area contributed by atoms with Gasteiger partial charge in [-0.25, -0.2) is 0 Å². The van der Waals surface area contributed by atoms with Gasteiger partial charge in [-0.05, 0) is 137 Å². The predicted octanol–water partition coefficient (Wildman–Crippen LogP) is 10.5. The Bertz CT molecular complexity index is 1210. The molecule has 5 rings (SSSR count). The molecule has 6 heteroatoms. The molecule has 0 spiro atoms. The summed E-state index contributed by atoms with van der Waals surface area (Å²) in [5.41, 5.74) is 11.4. The Morgan fingerprint density at radius 3 is 2.41 bits per heavy atom. The topological polar surface area (TPSA) is 58.3 Å². The summed E-state index contributed by atoms with van der Waals surface area (Å²) in [6.45, 7) is 14.4. The van der Waals surface area contributed by atoms with E-state index in [4.69, 9.17) is 5.73 Å². The average molecular weight is 685 g/mol. The van der Waals surface area contributed by atoms with Crippen molar-refractivity contribution in [2.45, 2.75) is 142 Å². The summed E-state index contributed by atoms with van der Waals surface area (Å²) in [5.74, 6) is 1.01. The minimum absolute atomic E-state index is 0.0655. The van der Waals surface area contributed by atoms with E-state index in [2.05, 4.69) is 63.9 Å². The zero-order valence-electron chi connectivity index (χ0n) is 30.9. The van der Waals surface area contributed by atoms with E-state index in [-0.39, 0.29) is 42.1 Å². The lowest BCUT2D eigenvalue weighted by Gasteiger charge is -2.41. The van der Waals surface area contributed by atoms with Crippen LogP contribution in [0.3, 0.4) is 0 Å². The molecule has 49 heavy (non-hydrogen) atoms. The number of nitrogens with two attached hydrogens (primary N) is 1. The number of rotatable bonds is 10. The van der Waals surface area contributed by atoms with Gasteiger partial charge in [-0.3, -0.25) is 0 Å². The molecule has 12 unspecified atom stereocenters. The van der Waals surface area contributed by atoms with Crippen LogP contribution in [0.15, 0.2) is 59.8 Å². The zero-order chi connectivity index (χ0) is 35.3. The van der Waals surface area contributed by atoms with Crippen LogP contribution >= 0.6 is 0 Å². The van der Waals surface area contributed by atoms with E-state index in [0.29, 0.717) is 36.6 Å². The van der Waals surface area contributed by atoms with E-state index in [1.54, 1.807) is 0 Å². The number of hydrogen-bond donors (Lipinski definition) is 3. The molecule has 4 aliphatic carbocycles. The largest absolute Gasteiger partial charge is 0.392 e. The molecule has 0 bridgehead atoms. The van der Waals surface area contributed by atoms with Gasteiger partial charge in [-0.2, -0.15) is 13.2 Å². The highest BCUT2D eigenvalue weighted by Crippen LogP contribution is 2.47. The van der Waals surface area contributed by atoms with Crippen molar-refractivity contribution in [1.82, 2.24) is 5.32 Å². The van der Waals surface area contributed by atoms with Gasteiger partial charge in [0.25, 0.3) is 0 Å². The van der Waals surface area contributed by atoms with Gasteiger partial charge in [-0.1, -0.05) is 81.2 Å². The highest BCUT2D eigenvalue weighted by atomic mass is 19.4. The Hall–Kier alpha value is -1.63. The van der Waals surface area contributed by atoms with E-state index in [1.807, 2.05) is 12.2 Å². The summed E-state index contributed by atoms with van der Waals surface area (Å²) in [6.07, 6.45) is 20.4. The summed E-state index contributed by atoms with van der Waals surface area (Å²) in [7, 11) is 0. The lowest BCUT2D eigenvalue weighted by molar-refractivity contribution is -0.198. The molecule has 1 saturated heterocycles. The Labute approximate surface area is 296 Å². The van der Waals surface area contributed by atoms with Crippen molar-refractivity contribution < 1.29 is 18.3 Å². The highest BCUT2D eigenvalue weighted by molar-refractivity contribution is 5.32. The van der Waals surface area contributed by atoms with Gasteiger partial charge in [0.05, 0.1) is 12.0 Å². The Morgan fingerprint density at radius 2 is 1.76 bits per heavy atom. The van der Waals surface area contributed by atoms with Gasteiger partial charge in [0.1, 0.15) is 0 Å². The van der Waals surface area contributed by atoms with E-state index < -0.39 is 18.2 Å². The van der Waals surface area contributed by atoms with Crippen LogP contribution in [0, 0.1) is 59.2 Å². The highest BCUT2D eigenvalue weighted by Gasteiger charge is 2.47. The molecule has 3 nitrogen and oxygen atoms in total. The minimum Gasteiger partial charge on any atom is -0.389 e. The number of hydrogen-bond acceptors (Lipinski definition) is 3. The maximum atomic E-state index is 14.3. The monoisotopic (exact) mass is 685 g/mol. The van der Waals surface area contributed by atoms with Crippen LogP contribution in [0.5, 0.6) is 0 Å². The molecule has 5 aliphatic rings. The molecule has 0 amide bonds. The van der Waals surface area contributed by atoms with Crippen molar-refractivity contribution in [1.29, 1.82) is 0 Å². The number of nitrogens with one attached hydrogen (secondary N) is 1. The number of aliphatic hydroxyl groups excluding tert-OH is 1. The maximum absolute atomic E-state index is 14.3. The summed E-state index contributed by atoms with van der Waals surface area (Å²) in [5, 5.41) is 15.0. The van der Waals surface area contributed by atoms with Crippen molar-refractivity contribution in [2.24, 2.45) is 64.9 Å². The fourth-order valence-corrected chi connectivity index (χ4v) is 10.3. The first-order chi connectivity index (χ1) is 23.4. The first-order valence-electron chi connectivity index (χ1n) is 20.0. The van der Waals surface area contributed by atoms with Crippen LogP contribution in [-0.2, 0) is 0 Å². The SMILES string of the molecule is C=CC1C(C(N)C2CC(C(O)C=CC3CCC(CC=C4CCC(C)CC4)C(C(F)(F)F)C3)CCC2C)=CC=C(C2CNC(C)C2)CC1CC. The molecule has 0 radical (unpaired) electrons. The maximum Gasteiger partial charge on any atom is 0.392 e. The van der Waals surface area contributed by atoms with Gasteiger partial charge < -0.3 is 16.2 Å². The van der Waals surface area contributed by atoms with Crippen molar-refractivity contribution in [2.75, 3.05) is 6.54 Å². The molecule has 1 heterocycles. The number of allylic oxidation sites excluding steroid dienone is 6. The normalized spacial score (nSPS) is 39.2. The van der Waals surface area contributed by atoms with Crippen molar-refractivity contribution in [3.05, 3.63) is 59.8 Å². The van der Waals surface area contributed by atoms with E-state index in [0.717, 1.165) is 76.7 Å². The smallest absolute Gasteiger partial charge is 0.389 e. The second-order valence-electron chi connectivity index (χ2n) is 17.2. The summed E-state index contributed by atoms with van der Waals surface area (Å²) < 4.78 is 42.9. The second kappa shape index (κ2) is 17.3. The van der Waals surface area contributed by atoms with Crippen molar-refractivity contribution in [3.63, 3.8) is 0 Å². The molecule has 12 atom stereocenters. The fraction of sp³-hybridized carbons (Fsp3) is 0.767. The quantitative estimate of drug-likeness (QED) is 0.201. The van der Waals surface area contributed by atoms with Crippen LogP contribution in [0.2, 0.25) is 0 Å². The number of aliphatic hydroxyl groups is 1. The van der Waals surface area contributed by atoms with E-state index >= 15 is 0 Å². The zero-order valence-corrected chi connectivity index (χ0v) is 30.9. The molecule has 4 fully saturated rings. The summed E-state index contributed by atoms with van der Waals surface area (Å²) in [6, 6.07) is 0.437. The third kappa shape index (κ3) is 9.83. The lowest BCUT2D eigenvalue weighted by atomic mass is 9.66. The van der Waals surface area contributed by atoms with Crippen LogP contribution in [0.25, 0.3) is 0 Å². The number of halogens is 3. The third-order valence-corrected chi connectivity index (χ3v) is 13.8. The van der Waals surface area contributed by atoms with Gasteiger partial charge >= 0.3 is 6.18 Å². The van der Waals surface area contributed by atoms with Crippen LogP contribution in [0.4, 0.5) is 13.2 Å². The lowest BCUT2D eigenvalue weighted by Crippen LogP contribution is -2.43. The Kier molecular flexibility index (Phi) is 13.6. The molecule has 0 aromatic carbocycles. The molecule has 4 N–H and O–H groups in total. The van der Waals surface area contributed by atoms with E-state index in [9.17, 15) is 18.3 Å². The molecular formula is C43H67F3N2O. The Balaban J connectivity index is 1.22. The first kappa shape index (κ1) is 38.6. The molecule has 0 aromatic rings. The van der Waals surface area contributed by atoms with E-state index in [1.165, 1.54) is 23.1 Å². The van der Waals surface area contributed by atoms with Crippen LogP contribution < -0.4 is 11.1 Å². The van der Waals surface area contributed by atoms with Crippen LogP contribution in [-0.4, -0.2) is 36.0 Å². The average Bonchev–Trinajstić information content (AvgIpc) is 3.42. The fourth-order valence-electron chi connectivity index (χ4n) is 10.3. The molecule has 1 aliphatic heterocycles. The molecule has 276 valence electrons. The summed E-state index contributed by atoms with van der Waals surface area (Å²) >= 11 is 0. The van der Waals surface area contributed by atoms with Gasteiger partial charge in [0.2, 0.25) is 0 Å². The minimum atomic E-state index is -4.19. The standard InChI is InChI=1S/C43H67F3N2O/c1-6-32-24-34(36-22-29(5)48-26-36)19-20-38(37(32)7-2)42(47)39-25-35(16-10-28(39)4)41(49)21-15-31-14-18-33(40(23-31)43(44,45)46)17-13-30-11-8-27(3)9-12-30/h7,13,15,19-21,27-29,31-33,35-37,39-42,48-49H,2,6,8-12,14,16-18,22-26,47H2,1,3-5H3. The molecule has 3 saturated carbocycles. The first-order valence-corrected chi connectivity index (χ1v) is 20.0. The van der Waals surface area contributed by atoms with Gasteiger partial charge in [-0.15, -0.1) is 6.58 Å². The van der Waals surface area contributed by atoms with Gasteiger partial charge in [0, 0.05) is 24.5 Å². The van der Waals surface area contributed by atoms with Crippen molar-refractivity contribution in [3.8, 4) is 0 Å². The van der Waals surface area contributed by atoms with Crippen LogP contribution in [0.1, 0.15) is 118 Å².